The molecule has 2 heterocycles. The second-order valence-electron chi connectivity index (χ2n) is 5.19. The third kappa shape index (κ3) is 3.07. The predicted octanol–water partition coefficient (Wildman–Crippen LogP) is 1.48. The van der Waals surface area contributed by atoms with E-state index in [1.807, 2.05) is 11.7 Å². The molecule has 0 aromatic carbocycles. The standard InChI is InChI=1S/C13H21BrN4O/c1-4-5-18-12(10(14)8-15-18)13(19)11-9-16(2)6-7-17(11)3/h8,11H,4-7,9H2,1-3H3. The van der Waals surface area contributed by atoms with E-state index in [0.717, 1.165) is 37.1 Å². The summed E-state index contributed by atoms with van der Waals surface area (Å²) in [5.41, 5.74) is 0.703. The topological polar surface area (TPSA) is 41.4 Å². The number of ketones is 1. The highest BCUT2D eigenvalue weighted by Gasteiger charge is 2.32. The number of hydrogen-bond acceptors (Lipinski definition) is 4. The molecular weight excluding hydrogens is 308 g/mol. The van der Waals surface area contributed by atoms with E-state index < -0.39 is 0 Å². The summed E-state index contributed by atoms with van der Waals surface area (Å²) in [7, 11) is 4.08. The van der Waals surface area contributed by atoms with E-state index in [9.17, 15) is 4.79 Å². The van der Waals surface area contributed by atoms with Crippen LogP contribution in [0.2, 0.25) is 0 Å². The third-order valence-corrected chi connectivity index (χ3v) is 4.20. The molecule has 1 aliphatic heterocycles. The van der Waals surface area contributed by atoms with Crippen LogP contribution in [0.25, 0.3) is 0 Å². The maximum Gasteiger partial charge on any atom is 0.200 e. The van der Waals surface area contributed by atoms with Gasteiger partial charge < -0.3 is 4.90 Å². The summed E-state index contributed by atoms with van der Waals surface area (Å²) >= 11 is 3.45. The molecule has 1 unspecified atom stereocenters. The molecule has 0 saturated carbocycles. The van der Waals surface area contributed by atoms with Crippen LogP contribution in [0.4, 0.5) is 0 Å². The first-order valence-electron chi connectivity index (χ1n) is 6.69. The number of aryl methyl sites for hydroxylation is 1. The Morgan fingerprint density at radius 3 is 2.89 bits per heavy atom. The van der Waals surface area contributed by atoms with Crippen LogP contribution < -0.4 is 0 Å². The van der Waals surface area contributed by atoms with Crippen molar-refractivity contribution in [3.63, 3.8) is 0 Å². The van der Waals surface area contributed by atoms with E-state index in [2.05, 4.69) is 44.8 Å². The lowest BCUT2D eigenvalue weighted by Gasteiger charge is -2.36. The molecule has 1 atom stereocenters. The van der Waals surface area contributed by atoms with Gasteiger partial charge in [0, 0.05) is 26.2 Å². The Kier molecular flexibility index (Phi) is 4.76. The Balaban J connectivity index is 2.25. The minimum Gasteiger partial charge on any atom is -0.303 e. The van der Waals surface area contributed by atoms with Gasteiger partial charge in [-0.3, -0.25) is 14.4 Å². The van der Waals surface area contributed by atoms with E-state index in [0.29, 0.717) is 5.69 Å². The third-order valence-electron chi connectivity index (χ3n) is 3.62. The van der Waals surface area contributed by atoms with Gasteiger partial charge in [0.05, 0.1) is 16.7 Å². The van der Waals surface area contributed by atoms with Crippen LogP contribution in [0, 0.1) is 0 Å². The average Bonchev–Trinajstić information content (AvgIpc) is 2.73. The maximum absolute atomic E-state index is 12.8. The zero-order chi connectivity index (χ0) is 14.0. The summed E-state index contributed by atoms with van der Waals surface area (Å²) in [6.45, 7) is 5.57. The molecule has 0 N–H and O–H groups in total. The lowest BCUT2D eigenvalue weighted by atomic mass is 10.1. The van der Waals surface area contributed by atoms with Gasteiger partial charge in [-0.25, -0.2) is 0 Å². The van der Waals surface area contributed by atoms with Crippen LogP contribution in [0.1, 0.15) is 23.8 Å². The molecule has 0 radical (unpaired) electrons. The molecule has 5 nitrogen and oxygen atoms in total. The van der Waals surface area contributed by atoms with Crippen molar-refractivity contribution in [2.45, 2.75) is 25.9 Å². The fourth-order valence-electron chi connectivity index (χ4n) is 2.44. The number of halogens is 1. The predicted molar refractivity (Wildman–Crippen MR) is 78.5 cm³/mol. The van der Waals surface area contributed by atoms with Crippen molar-refractivity contribution in [3.8, 4) is 0 Å². The second kappa shape index (κ2) is 6.15. The summed E-state index contributed by atoms with van der Waals surface area (Å²) in [6.07, 6.45) is 2.68. The number of carbonyl (C=O) groups excluding carboxylic acids is 1. The van der Waals surface area contributed by atoms with Crippen LogP contribution in [-0.4, -0.2) is 65.1 Å². The molecule has 2 rings (SSSR count). The van der Waals surface area contributed by atoms with Gasteiger partial charge in [-0.1, -0.05) is 6.92 Å². The highest BCUT2D eigenvalue weighted by molar-refractivity contribution is 9.10. The van der Waals surface area contributed by atoms with Crippen molar-refractivity contribution in [1.29, 1.82) is 0 Å². The minimum atomic E-state index is -0.0812. The van der Waals surface area contributed by atoms with Crippen LogP contribution in [0.15, 0.2) is 10.7 Å². The largest absolute Gasteiger partial charge is 0.303 e. The molecule has 1 fully saturated rings. The first-order chi connectivity index (χ1) is 9.04. The van der Waals surface area contributed by atoms with E-state index in [4.69, 9.17) is 0 Å². The van der Waals surface area contributed by atoms with Gasteiger partial charge in [-0.15, -0.1) is 0 Å². The van der Waals surface area contributed by atoms with Crippen LogP contribution in [0.5, 0.6) is 0 Å². The molecule has 1 saturated heterocycles. The average molecular weight is 329 g/mol. The van der Waals surface area contributed by atoms with Gasteiger partial charge in [0.25, 0.3) is 0 Å². The Labute approximate surface area is 122 Å². The second-order valence-corrected chi connectivity index (χ2v) is 6.04. The quantitative estimate of drug-likeness (QED) is 0.785. The molecule has 0 bridgehead atoms. The molecule has 0 aliphatic carbocycles. The zero-order valence-corrected chi connectivity index (χ0v) is 13.4. The summed E-state index contributed by atoms with van der Waals surface area (Å²) < 4.78 is 2.61. The van der Waals surface area contributed by atoms with Crippen molar-refractivity contribution in [2.75, 3.05) is 33.7 Å². The number of likely N-dealkylation sites (N-methyl/N-ethyl adjacent to an activating group) is 2. The minimum absolute atomic E-state index is 0.0812. The maximum atomic E-state index is 12.8. The first-order valence-corrected chi connectivity index (χ1v) is 7.48. The van der Waals surface area contributed by atoms with Crippen molar-refractivity contribution in [2.24, 2.45) is 0 Å². The van der Waals surface area contributed by atoms with Crippen LogP contribution >= 0.6 is 15.9 Å². The zero-order valence-electron chi connectivity index (χ0n) is 11.8. The molecular formula is C13H21BrN4O. The summed E-state index contributed by atoms with van der Waals surface area (Å²) in [6, 6.07) is -0.0812. The monoisotopic (exact) mass is 328 g/mol. The van der Waals surface area contributed by atoms with Crippen molar-refractivity contribution >= 4 is 21.7 Å². The fourth-order valence-corrected chi connectivity index (χ4v) is 2.93. The summed E-state index contributed by atoms with van der Waals surface area (Å²) in [5.74, 6) is 0.159. The number of rotatable bonds is 4. The highest BCUT2D eigenvalue weighted by Crippen LogP contribution is 2.21. The van der Waals surface area contributed by atoms with Crippen molar-refractivity contribution in [3.05, 3.63) is 16.4 Å². The first kappa shape index (κ1) is 14.7. The number of Topliss-reactive ketones (excluding diaryl/α,β-unsaturated/α-hetero) is 1. The molecule has 0 spiro atoms. The van der Waals surface area contributed by atoms with Gasteiger partial charge in [-0.05, 0) is 36.4 Å². The van der Waals surface area contributed by atoms with Crippen LogP contribution in [0.3, 0.4) is 0 Å². The normalized spacial score (nSPS) is 21.8. The Morgan fingerprint density at radius 2 is 2.21 bits per heavy atom. The molecule has 1 aromatic rings. The lowest BCUT2D eigenvalue weighted by molar-refractivity contribution is 0.0675. The lowest BCUT2D eigenvalue weighted by Crippen LogP contribution is -2.53. The Hall–Kier alpha value is -0.720. The van der Waals surface area contributed by atoms with Gasteiger partial charge in [-0.2, -0.15) is 5.10 Å². The van der Waals surface area contributed by atoms with Gasteiger partial charge >= 0.3 is 0 Å². The van der Waals surface area contributed by atoms with E-state index >= 15 is 0 Å². The van der Waals surface area contributed by atoms with Gasteiger partial charge in [0.1, 0.15) is 5.69 Å². The van der Waals surface area contributed by atoms with Crippen molar-refractivity contribution in [1.82, 2.24) is 19.6 Å². The molecule has 0 amide bonds. The van der Waals surface area contributed by atoms with Gasteiger partial charge in [0.2, 0.25) is 0 Å². The van der Waals surface area contributed by atoms with E-state index in [-0.39, 0.29) is 11.8 Å². The molecule has 1 aromatic heterocycles. The summed E-state index contributed by atoms with van der Waals surface area (Å²) in [5, 5.41) is 4.28. The van der Waals surface area contributed by atoms with Crippen LogP contribution in [-0.2, 0) is 6.54 Å². The number of carbonyl (C=O) groups is 1. The molecule has 19 heavy (non-hydrogen) atoms. The number of nitrogens with zero attached hydrogens (tertiary/aromatic N) is 4. The Morgan fingerprint density at radius 1 is 1.47 bits per heavy atom. The van der Waals surface area contributed by atoms with E-state index in [1.165, 1.54) is 0 Å². The Bertz CT molecular complexity index is 459. The van der Waals surface area contributed by atoms with Gasteiger partial charge in [0.15, 0.2) is 5.78 Å². The molecule has 1 aliphatic rings. The SMILES string of the molecule is CCCn1ncc(Br)c1C(=O)C1CN(C)CCN1C. The molecule has 6 heteroatoms. The highest BCUT2D eigenvalue weighted by atomic mass is 79.9. The summed E-state index contributed by atoms with van der Waals surface area (Å²) in [4.78, 5) is 17.1. The smallest absolute Gasteiger partial charge is 0.200 e. The number of aromatic nitrogens is 2. The van der Waals surface area contributed by atoms with Crippen molar-refractivity contribution < 1.29 is 4.79 Å². The molecule has 106 valence electrons. The number of hydrogen-bond donors (Lipinski definition) is 0. The number of piperazine rings is 1. The van der Waals surface area contributed by atoms with E-state index in [1.54, 1.807) is 6.20 Å². The fraction of sp³-hybridized carbons (Fsp3) is 0.692.